The normalized spacial score (nSPS) is 13.5. The van der Waals surface area contributed by atoms with Crippen molar-refractivity contribution in [2.45, 2.75) is 39.5 Å². The summed E-state index contributed by atoms with van der Waals surface area (Å²) in [6.07, 6.45) is 5.88. The zero-order valence-corrected chi connectivity index (χ0v) is 17.2. The molecule has 5 nitrogen and oxygen atoms in total. The Kier molecular flexibility index (Phi) is 4.75. The summed E-state index contributed by atoms with van der Waals surface area (Å²) >= 11 is 0. The first-order chi connectivity index (χ1) is 13.5. The van der Waals surface area contributed by atoms with Gasteiger partial charge in [0.15, 0.2) is 11.6 Å². The largest absolute Gasteiger partial charge is 0.340 e. The van der Waals surface area contributed by atoms with E-state index in [1.54, 1.807) is 0 Å². The number of benzene rings is 1. The minimum absolute atomic E-state index is 0.358. The third kappa shape index (κ3) is 3.11. The second-order valence-electron chi connectivity index (χ2n) is 8.01. The average Bonchev–Trinajstić information content (AvgIpc) is 3.04. The highest BCUT2D eigenvalue weighted by Gasteiger charge is 2.28. The predicted octanol–water partition coefficient (Wildman–Crippen LogP) is 5.33. The van der Waals surface area contributed by atoms with Crippen molar-refractivity contribution in [1.29, 1.82) is 0 Å². The molecule has 3 heterocycles. The van der Waals surface area contributed by atoms with E-state index in [1.165, 1.54) is 11.1 Å². The number of nitrogens with zero attached hydrogens (tertiary/aromatic N) is 5. The Balaban J connectivity index is 1.84. The molecule has 0 saturated carbocycles. The molecular weight excluding hydrogens is 346 g/mol. The van der Waals surface area contributed by atoms with Gasteiger partial charge in [-0.1, -0.05) is 45.9 Å². The Bertz CT molecular complexity index is 955. The summed E-state index contributed by atoms with van der Waals surface area (Å²) in [5.41, 5.74) is 5.73. The van der Waals surface area contributed by atoms with Gasteiger partial charge in [0, 0.05) is 30.7 Å². The molecule has 0 unspecified atom stereocenters. The van der Waals surface area contributed by atoms with Crippen LogP contribution in [0.15, 0.2) is 48.9 Å². The summed E-state index contributed by atoms with van der Waals surface area (Å²) in [7, 11) is 2.08. The zero-order valence-electron chi connectivity index (χ0n) is 17.2. The molecule has 0 atom stereocenters. The molecular formula is C23H27N5. The first-order valence-electron chi connectivity index (χ1n) is 9.86. The van der Waals surface area contributed by atoms with Crippen molar-refractivity contribution in [1.82, 2.24) is 15.0 Å². The van der Waals surface area contributed by atoms with Crippen LogP contribution in [-0.4, -0.2) is 28.7 Å². The highest BCUT2D eigenvalue weighted by molar-refractivity contribution is 5.80. The SMILES string of the molecule is CC(C)c1cncc(C(C)C)c1-c1ncc2c(n1)N(C)CN2c1ccccc1. The van der Waals surface area contributed by atoms with E-state index in [0.29, 0.717) is 11.8 Å². The molecule has 5 heteroatoms. The third-order valence-corrected chi connectivity index (χ3v) is 5.30. The monoisotopic (exact) mass is 373 g/mol. The number of para-hydroxylation sites is 1. The summed E-state index contributed by atoms with van der Waals surface area (Å²) in [5.74, 6) is 2.47. The van der Waals surface area contributed by atoms with Gasteiger partial charge in [-0.2, -0.15) is 0 Å². The highest BCUT2D eigenvalue weighted by Crippen LogP contribution is 2.40. The maximum Gasteiger partial charge on any atom is 0.162 e. The highest BCUT2D eigenvalue weighted by atomic mass is 15.4. The smallest absolute Gasteiger partial charge is 0.162 e. The Labute approximate surface area is 167 Å². The van der Waals surface area contributed by atoms with Crippen LogP contribution in [0.5, 0.6) is 0 Å². The fourth-order valence-electron chi connectivity index (χ4n) is 3.77. The van der Waals surface area contributed by atoms with Gasteiger partial charge < -0.3 is 9.80 Å². The van der Waals surface area contributed by atoms with Crippen LogP contribution in [0, 0.1) is 0 Å². The molecule has 4 rings (SSSR count). The van der Waals surface area contributed by atoms with E-state index in [2.05, 4.69) is 73.8 Å². The molecule has 28 heavy (non-hydrogen) atoms. The fourth-order valence-corrected chi connectivity index (χ4v) is 3.77. The van der Waals surface area contributed by atoms with E-state index < -0.39 is 0 Å². The molecule has 0 N–H and O–H groups in total. The summed E-state index contributed by atoms with van der Waals surface area (Å²) in [4.78, 5) is 18.7. The van der Waals surface area contributed by atoms with Crippen LogP contribution in [-0.2, 0) is 0 Å². The summed E-state index contributed by atoms with van der Waals surface area (Å²) in [5, 5.41) is 0. The molecule has 0 fully saturated rings. The zero-order chi connectivity index (χ0) is 19.8. The number of pyridine rings is 1. The van der Waals surface area contributed by atoms with E-state index in [-0.39, 0.29) is 0 Å². The molecule has 3 aromatic rings. The Morgan fingerprint density at radius 2 is 1.54 bits per heavy atom. The first-order valence-corrected chi connectivity index (χ1v) is 9.86. The van der Waals surface area contributed by atoms with Gasteiger partial charge in [-0.25, -0.2) is 9.97 Å². The van der Waals surface area contributed by atoms with E-state index in [1.807, 2.05) is 24.7 Å². The minimum Gasteiger partial charge on any atom is -0.340 e. The van der Waals surface area contributed by atoms with Gasteiger partial charge in [-0.05, 0) is 35.1 Å². The van der Waals surface area contributed by atoms with Gasteiger partial charge in [-0.3, -0.25) is 4.98 Å². The average molecular weight is 374 g/mol. The maximum absolute atomic E-state index is 5.01. The molecule has 144 valence electrons. The van der Waals surface area contributed by atoms with Crippen molar-refractivity contribution in [3.8, 4) is 11.4 Å². The van der Waals surface area contributed by atoms with Crippen molar-refractivity contribution < 1.29 is 0 Å². The molecule has 1 aliphatic heterocycles. The fraction of sp³-hybridized carbons (Fsp3) is 0.348. The van der Waals surface area contributed by atoms with Crippen LogP contribution >= 0.6 is 0 Å². The van der Waals surface area contributed by atoms with Crippen molar-refractivity contribution in [2.24, 2.45) is 0 Å². The maximum atomic E-state index is 5.01. The topological polar surface area (TPSA) is 45.2 Å². The number of aromatic nitrogens is 3. The van der Waals surface area contributed by atoms with Gasteiger partial charge in [0.2, 0.25) is 0 Å². The van der Waals surface area contributed by atoms with Crippen molar-refractivity contribution in [3.63, 3.8) is 0 Å². The molecule has 1 aromatic carbocycles. The molecule has 1 aliphatic rings. The lowest BCUT2D eigenvalue weighted by Gasteiger charge is -2.19. The van der Waals surface area contributed by atoms with Crippen LogP contribution in [0.1, 0.15) is 50.7 Å². The molecule has 0 bridgehead atoms. The van der Waals surface area contributed by atoms with E-state index in [4.69, 9.17) is 9.97 Å². The summed E-state index contributed by atoms with van der Waals surface area (Å²) < 4.78 is 0. The van der Waals surface area contributed by atoms with Crippen LogP contribution in [0.3, 0.4) is 0 Å². The number of hydrogen-bond donors (Lipinski definition) is 0. The Morgan fingerprint density at radius 1 is 0.893 bits per heavy atom. The van der Waals surface area contributed by atoms with Crippen molar-refractivity contribution >= 4 is 17.2 Å². The van der Waals surface area contributed by atoms with Gasteiger partial charge in [0.05, 0.1) is 12.9 Å². The van der Waals surface area contributed by atoms with Crippen LogP contribution in [0.4, 0.5) is 17.2 Å². The molecule has 2 aromatic heterocycles. The molecule has 0 amide bonds. The molecule has 0 spiro atoms. The number of rotatable bonds is 4. The Morgan fingerprint density at radius 3 is 2.14 bits per heavy atom. The molecule has 0 radical (unpaired) electrons. The number of fused-ring (bicyclic) bond motifs is 1. The predicted molar refractivity (Wildman–Crippen MR) is 115 cm³/mol. The van der Waals surface area contributed by atoms with Crippen molar-refractivity contribution in [2.75, 3.05) is 23.5 Å². The van der Waals surface area contributed by atoms with E-state index >= 15 is 0 Å². The minimum atomic E-state index is 0.358. The first kappa shape index (κ1) is 18.4. The quantitative estimate of drug-likeness (QED) is 0.618. The van der Waals surface area contributed by atoms with Gasteiger partial charge in [0.1, 0.15) is 5.69 Å². The third-order valence-electron chi connectivity index (χ3n) is 5.30. The van der Waals surface area contributed by atoms with E-state index in [9.17, 15) is 0 Å². The van der Waals surface area contributed by atoms with E-state index in [0.717, 1.165) is 35.2 Å². The van der Waals surface area contributed by atoms with Crippen LogP contribution in [0.2, 0.25) is 0 Å². The van der Waals surface area contributed by atoms with Gasteiger partial charge in [0.25, 0.3) is 0 Å². The lowest BCUT2D eigenvalue weighted by Crippen LogP contribution is -2.24. The molecule has 0 aliphatic carbocycles. The number of hydrogen-bond acceptors (Lipinski definition) is 5. The van der Waals surface area contributed by atoms with Crippen LogP contribution < -0.4 is 9.80 Å². The van der Waals surface area contributed by atoms with Gasteiger partial charge >= 0.3 is 0 Å². The lowest BCUT2D eigenvalue weighted by molar-refractivity contribution is 0.820. The number of anilines is 3. The van der Waals surface area contributed by atoms with Gasteiger partial charge in [-0.15, -0.1) is 0 Å². The summed E-state index contributed by atoms with van der Waals surface area (Å²) in [6.45, 7) is 9.55. The molecule has 0 saturated heterocycles. The van der Waals surface area contributed by atoms with Crippen molar-refractivity contribution in [3.05, 3.63) is 60.0 Å². The summed E-state index contributed by atoms with van der Waals surface area (Å²) in [6, 6.07) is 10.4. The van der Waals surface area contributed by atoms with Crippen LogP contribution in [0.25, 0.3) is 11.4 Å². The lowest BCUT2D eigenvalue weighted by atomic mass is 9.90. The second-order valence-corrected chi connectivity index (χ2v) is 8.01. The standard InChI is InChI=1S/C23H27N5/c1-15(2)18-11-24-12-19(16(3)4)21(18)22-25-13-20-23(26-22)27(5)14-28(20)17-9-7-6-8-10-17/h6-13,15-16H,14H2,1-5H3. The Hall–Kier alpha value is -2.95. The second kappa shape index (κ2) is 7.23.